The zero-order chi connectivity index (χ0) is 15.3. The Balaban J connectivity index is 1.94. The van der Waals surface area contributed by atoms with Gasteiger partial charge in [-0.05, 0) is 55.5 Å². The molecule has 2 unspecified atom stereocenters. The van der Waals surface area contributed by atoms with E-state index in [9.17, 15) is 8.42 Å². The lowest BCUT2D eigenvalue weighted by atomic mass is 9.80. The minimum atomic E-state index is -3.14. The Kier molecular flexibility index (Phi) is 5.65. The van der Waals surface area contributed by atoms with Crippen molar-refractivity contribution in [2.45, 2.75) is 37.5 Å². The van der Waals surface area contributed by atoms with Crippen molar-refractivity contribution in [3.8, 4) is 5.75 Å². The quantitative estimate of drug-likeness (QED) is 0.877. The average molecular weight is 311 g/mol. The van der Waals surface area contributed by atoms with Crippen LogP contribution in [-0.2, 0) is 9.84 Å². The first kappa shape index (κ1) is 16.3. The summed E-state index contributed by atoms with van der Waals surface area (Å²) in [5, 5.41) is 0. The minimum absolute atomic E-state index is 0.119. The van der Waals surface area contributed by atoms with E-state index in [4.69, 9.17) is 10.5 Å². The molecule has 4 nitrogen and oxygen atoms in total. The monoisotopic (exact) mass is 311 g/mol. The van der Waals surface area contributed by atoms with Crippen LogP contribution < -0.4 is 10.5 Å². The molecule has 0 bridgehead atoms. The predicted molar refractivity (Wildman–Crippen MR) is 84.2 cm³/mol. The molecule has 0 amide bonds. The van der Waals surface area contributed by atoms with E-state index < -0.39 is 9.84 Å². The van der Waals surface area contributed by atoms with Crippen LogP contribution in [0.1, 0.15) is 32.6 Å². The number of sulfone groups is 1. The molecule has 5 heteroatoms. The minimum Gasteiger partial charge on any atom is -0.493 e. The van der Waals surface area contributed by atoms with Gasteiger partial charge in [0.2, 0.25) is 0 Å². The van der Waals surface area contributed by atoms with E-state index in [2.05, 4.69) is 0 Å². The molecule has 0 aliphatic heterocycles. The Morgan fingerprint density at radius 2 is 1.76 bits per heavy atom. The Morgan fingerprint density at radius 3 is 2.33 bits per heavy atom. The van der Waals surface area contributed by atoms with E-state index in [-0.39, 0.29) is 5.75 Å². The molecule has 0 heterocycles. The Bertz CT molecular complexity index is 539. The molecule has 0 spiro atoms. The van der Waals surface area contributed by atoms with E-state index in [1.165, 1.54) is 25.7 Å². The highest BCUT2D eigenvalue weighted by atomic mass is 32.2. The van der Waals surface area contributed by atoms with Crippen LogP contribution in [0, 0.1) is 11.8 Å². The molecule has 1 saturated carbocycles. The number of benzene rings is 1. The van der Waals surface area contributed by atoms with Gasteiger partial charge in [0.25, 0.3) is 0 Å². The summed E-state index contributed by atoms with van der Waals surface area (Å²) >= 11 is 0. The topological polar surface area (TPSA) is 69.4 Å². The molecule has 2 rings (SSSR count). The van der Waals surface area contributed by atoms with Gasteiger partial charge in [0.1, 0.15) is 5.75 Å². The van der Waals surface area contributed by atoms with Crippen molar-refractivity contribution in [1.82, 2.24) is 0 Å². The lowest BCUT2D eigenvalue weighted by Gasteiger charge is -2.30. The Labute approximate surface area is 127 Å². The first-order valence-corrected chi connectivity index (χ1v) is 9.37. The van der Waals surface area contributed by atoms with E-state index in [0.717, 1.165) is 12.3 Å². The van der Waals surface area contributed by atoms with Gasteiger partial charge >= 0.3 is 0 Å². The molecular formula is C16H25NO3S. The molecule has 21 heavy (non-hydrogen) atoms. The fraction of sp³-hybridized carbons (Fsp3) is 0.625. The number of nitrogens with two attached hydrogens (primary N) is 1. The van der Waals surface area contributed by atoms with Crippen LogP contribution in [0.15, 0.2) is 29.2 Å². The van der Waals surface area contributed by atoms with Crippen LogP contribution in [0.3, 0.4) is 0 Å². The summed E-state index contributed by atoms with van der Waals surface area (Å²) in [5.74, 6) is 1.92. The van der Waals surface area contributed by atoms with Crippen LogP contribution in [0.2, 0.25) is 0 Å². The van der Waals surface area contributed by atoms with Crippen LogP contribution >= 0.6 is 0 Å². The second-order valence-electron chi connectivity index (χ2n) is 5.73. The summed E-state index contributed by atoms with van der Waals surface area (Å²) in [7, 11) is -3.14. The van der Waals surface area contributed by atoms with Gasteiger partial charge < -0.3 is 10.5 Å². The summed E-state index contributed by atoms with van der Waals surface area (Å²) in [6, 6.07) is 6.72. The molecule has 0 saturated heterocycles. The summed E-state index contributed by atoms with van der Waals surface area (Å²) < 4.78 is 29.3. The fourth-order valence-corrected chi connectivity index (χ4v) is 3.81. The zero-order valence-electron chi connectivity index (χ0n) is 12.6. The highest BCUT2D eigenvalue weighted by molar-refractivity contribution is 7.91. The summed E-state index contributed by atoms with van der Waals surface area (Å²) in [6.45, 7) is 3.04. The molecular weight excluding hydrogens is 286 g/mol. The van der Waals surface area contributed by atoms with Crippen LogP contribution in [-0.4, -0.2) is 27.3 Å². The maximum Gasteiger partial charge on any atom is 0.178 e. The maximum atomic E-state index is 11.7. The molecule has 0 radical (unpaired) electrons. The van der Waals surface area contributed by atoms with Crippen molar-refractivity contribution in [3.63, 3.8) is 0 Å². The number of hydrogen-bond donors (Lipinski definition) is 1. The second kappa shape index (κ2) is 7.27. The molecule has 1 aromatic rings. The first-order chi connectivity index (χ1) is 10.1. The van der Waals surface area contributed by atoms with Gasteiger partial charge in [0.05, 0.1) is 17.3 Å². The molecule has 1 fully saturated rings. The van der Waals surface area contributed by atoms with Crippen molar-refractivity contribution in [2.24, 2.45) is 17.6 Å². The van der Waals surface area contributed by atoms with Crippen LogP contribution in [0.4, 0.5) is 0 Å². The van der Waals surface area contributed by atoms with Gasteiger partial charge in [-0.1, -0.05) is 19.8 Å². The van der Waals surface area contributed by atoms with E-state index >= 15 is 0 Å². The van der Waals surface area contributed by atoms with Crippen molar-refractivity contribution >= 4 is 9.84 Å². The van der Waals surface area contributed by atoms with E-state index in [1.807, 2.05) is 0 Å². The van der Waals surface area contributed by atoms with Gasteiger partial charge in [-0.2, -0.15) is 0 Å². The summed E-state index contributed by atoms with van der Waals surface area (Å²) in [4.78, 5) is 0.356. The summed E-state index contributed by atoms with van der Waals surface area (Å²) in [6.07, 6.45) is 4.88. The maximum absolute atomic E-state index is 11.7. The number of rotatable bonds is 6. The molecule has 0 aromatic heterocycles. The van der Waals surface area contributed by atoms with Gasteiger partial charge in [-0.25, -0.2) is 8.42 Å². The van der Waals surface area contributed by atoms with Crippen molar-refractivity contribution in [2.75, 3.05) is 18.9 Å². The van der Waals surface area contributed by atoms with Crippen LogP contribution in [0.25, 0.3) is 0 Å². The van der Waals surface area contributed by atoms with Gasteiger partial charge in [0.15, 0.2) is 9.84 Å². The fourth-order valence-electron chi connectivity index (χ4n) is 2.93. The summed E-state index contributed by atoms with van der Waals surface area (Å²) in [5.41, 5.74) is 5.82. The van der Waals surface area contributed by atoms with Gasteiger partial charge in [-0.15, -0.1) is 0 Å². The van der Waals surface area contributed by atoms with E-state index in [1.54, 1.807) is 31.2 Å². The average Bonchev–Trinajstić information content (AvgIpc) is 2.53. The molecule has 1 aliphatic carbocycles. The largest absolute Gasteiger partial charge is 0.493 e. The zero-order valence-corrected chi connectivity index (χ0v) is 13.4. The molecule has 2 N–H and O–H groups in total. The highest BCUT2D eigenvalue weighted by Gasteiger charge is 2.24. The lowest BCUT2D eigenvalue weighted by molar-refractivity contribution is 0.153. The third kappa shape index (κ3) is 4.20. The third-order valence-corrected chi connectivity index (χ3v) is 6.15. The van der Waals surface area contributed by atoms with Crippen molar-refractivity contribution < 1.29 is 13.2 Å². The lowest BCUT2D eigenvalue weighted by Crippen LogP contribution is -2.30. The van der Waals surface area contributed by atoms with E-state index in [0.29, 0.717) is 23.3 Å². The normalized spacial score (nSPS) is 23.0. The predicted octanol–water partition coefficient (Wildman–Crippen LogP) is 2.62. The second-order valence-corrected chi connectivity index (χ2v) is 8.00. The van der Waals surface area contributed by atoms with Crippen LogP contribution in [0.5, 0.6) is 5.75 Å². The molecule has 1 aliphatic rings. The smallest absolute Gasteiger partial charge is 0.178 e. The highest BCUT2D eigenvalue weighted by Crippen LogP contribution is 2.30. The Morgan fingerprint density at radius 1 is 1.14 bits per heavy atom. The molecule has 1 aromatic carbocycles. The van der Waals surface area contributed by atoms with Gasteiger partial charge in [-0.3, -0.25) is 0 Å². The SMILES string of the molecule is CCS(=O)(=O)c1ccc(OCC2CCCCC2CN)cc1. The number of hydrogen-bond acceptors (Lipinski definition) is 4. The van der Waals surface area contributed by atoms with Gasteiger partial charge in [0, 0.05) is 0 Å². The molecule has 2 atom stereocenters. The third-order valence-electron chi connectivity index (χ3n) is 4.40. The molecule has 118 valence electrons. The number of ether oxygens (including phenoxy) is 1. The first-order valence-electron chi connectivity index (χ1n) is 7.72. The standard InChI is InChI=1S/C16H25NO3S/c1-2-21(18,19)16-9-7-15(8-10-16)20-12-14-6-4-3-5-13(14)11-17/h7-10,13-14H,2-6,11-12,17H2,1H3. The van der Waals surface area contributed by atoms with Crippen molar-refractivity contribution in [1.29, 1.82) is 0 Å². The van der Waals surface area contributed by atoms with Crippen molar-refractivity contribution in [3.05, 3.63) is 24.3 Å². The Hall–Kier alpha value is -1.07.